The van der Waals surface area contributed by atoms with E-state index in [1.807, 2.05) is 11.3 Å². The fourth-order valence-corrected chi connectivity index (χ4v) is 4.58. The zero-order valence-corrected chi connectivity index (χ0v) is 12.7. The number of hydrogen-bond acceptors (Lipinski definition) is 1. The first-order chi connectivity index (χ1) is 8.84. The molecule has 2 aromatic rings. The number of alkyl halides is 1. The molecule has 0 fully saturated rings. The highest BCUT2D eigenvalue weighted by Gasteiger charge is 2.25. The molecule has 1 aromatic carbocycles. The highest BCUT2D eigenvalue weighted by molar-refractivity contribution is 9.09. The van der Waals surface area contributed by atoms with Crippen LogP contribution in [0.3, 0.4) is 0 Å². The molecule has 94 valence electrons. The summed E-state index contributed by atoms with van der Waals surface area (Å²) in [5, 5.41) is 2.18. The van der Waals surface area contributed by atoms with Gasteiger partial charge >= 0.3 is 0 Å². The number of hydrogen-bond donors (Lipinski definition) is 0. The van der Waals surface area contributed by atoms with E-state index in [4.69, 9.17) is 0 Å². The average molecular weight is 321 g/mol. The Morgan fingerprint density at radius 2 is 2.06 bits per heavy atom. The van der Waals surface area contributed by atoms with Crippen LogP contribution in [0, 0.1) is 5.92 Å². The number of thiophene rings is 1. The van der Waals surface area contributed by atoms with Crippen molar-refractivity contribution in [2.45, 2.75) is 30.5 Å². The standard InChI is InChI=1S/C16H17BrS/c17-16-13(11-14-8-4-10-18-14)7-3-6-12-5-1-2-9-15(12)16/h1-2,4-5,8-10,13,16H,3,6-7,11H2. The van der Waals surface area contributed by atoms with E-state index in [9.17, 15) is 0 Å². The first kappa shape index (κ1) is 12.4. The minimum absolute atomic E-state index is 0.512. The number of aryl methyl sites for hydroxylation is 1. The minimum Gasteiger partial charge on any atom is -0.149 e. The molecule has 0 N–H and O–H groups in total. The fourth-order valence-electron chi connectivity index (χ4n) is 2.88. The summed E-state index contributed by atoms with van der Waals surface area (Å²) in [4.78, 5) is 2.03. The molecular formula is C16H17BrS. The number of benzene rings is 1. The topological polar surface area (TPSA) is 0 Å². The van der Waals surface area contributed by atoms with E-state index in [1.54, 1.807) is 0 Å². The van der Waals surface area contributed by atoms with Crippen LogP contribution in [-0.4, -0.2) is 0 Å². The second-order valence-corrected chi connectivity index (χ2v) is 7.06. The third-order valence-corrected chi connectivity index (χ3v) is 5.97. The van der Waals surface area contributed by atoms with Gasteiger partial charge in [0, 0.05) is 9.70 Å². The van der Waals surface area contributed by atoms with Gasteiger partial charge in [0.15, 0.2) is 0 Å². The van der Waals surface area contributed by atoms with Crippen LogP contribution in [0.2, 0.25) is 0 Å². The first-order valence-electron chi connectivity index (χ1n) is 6.59. The van der Waals surface area contributed by atoms with Crippen molar-refractivity contribution in [3.63, 3.8) is 0 Å². The van der Waals surface area contributed by atoms with Gasteiger partial charge in [0.2, 0.25) is 0 Å². The third kappa shape index (κ3) is 2.55. The Bertz CT molecular complexity index is 504. The molecule has 0 radical (unpaired) electrons. The van der Waals surface area contributed by atoms with Crippen molar-refractivity contribution in [1.82, 2.24) is 0 Å². The van der Waals surface area contributed by atoms with Crippen LogP contribution in [0.5, 0.6) is 0 Å². The molecule has 0 saturated heterocycles. The van der Waals surface area contributed by atoms with Gasteiger partial charge in [-0.2, -0.15) is 0 Å². The molecule has 1 aliphatic carbocycles. The quantitative estimate of drug-likeness (QED) is 0.514. The van der Waals surface area contributed by atoms with E-state index < -0.39 is 0 Å². The highest BCUT2D eigenvalue weighted by Crippen LogP contribution is 2.41. The van der Waals surface area contributed by atoms with Crippen LogP contribution < -0.4 is 0 Å². The van der Waals surface area contributed by atoms with Gasteiger partial charge in [-0.1, -0.05) is 46.3 Å². The Labute approximate surface area is 121 Å². The fraction of sp³-hybridized carbons (Fsp3) is 0.375. The van der Waals surface area contributed by atoms with Crippen molar-refractivity contribution in [3.8, 4) is 0 Å². The van der Waals surface area contributed by atoms with Gasteiger partial charge < -0.3 is 0 Å². The third-order valence-electron chi connectivity index (χ3n) is 3.83. The van der Waals surface area contributed by atoms with Gasteiger partial charge in [0.25, 0.3) is 0 Å². The molecule has 1 aliphatic rings. The summed E-state index contributed by atoms with van der Waals surface area (Å²) in [6.07, 6.45) is 5.08. The van der Waals surface area contributed by atoms with Gasteiger partial charge in [0.05, 0.1) is 0 Å². The number of fused-ring (bicyclic) bond motifs is 1. The predicted octanol–water partition coefficient (Wildman–Crippen LogP) is 5.38. The molecule has 18 heavy (non-hydrogen) atoms. The SMILES string of the molecule is BrC1c2ccccc2CCCC1Cc1cccs1. The molecule has 1 heterocycles. The molecule has 0 spiro atoms. The normalized spacial score (nSPS) is 23.4. The summed E-state index contributed by atoms with van der Waals surface area (Å²) >= 11 is 5.84. The molecule has 3 rings (SSSR count). The lowest BCUT2D eigenvalue weighted by molar-refractivity contribution is 0.478. The maximum atomic E-state index is 3.95. The monoisotopic (exact) mass is 320 g/mol. The Morgan fingerprint density at radius 3 is 2.89 bits per heavy atom. The van der Waals surface area contributed by atoms with Crippen molar-refractivity contribution in [2.75, 3.05) is 0 Å². The van der Waals surface area contributed by atoms with E-state index in [2.05, 4.69) is 57.7 Å². The van der Waals surface area contributed by atoms with Crippen LogP contribution in [0.1, 0.15) is 33.7 Å². The van der Waals surface area contributed by atoms with Crippen LogP contribution in [-0.2, 0) is 12.8 Å². The van der Waals surface area contributed by atoms with Crippen molar-refractivity contribution in [2.24, 2.45) is 5.92 Å². The summed E-state index contributed by atoms with van der Waals surface area (Å²) in [5.41, 5.74) is 3.05. The van der Waals surface area contributed by atoms with Crippen LogP contribution in [0.15, 0.2) is 41.8 Å². The Hall–Kier alpha value is -0.600. The minimum atomic E-state index is 0.512. The zero-order chi connectivity index (χ0) is 12.4. The summed E-state index contributed by atoms with van der Waals surface area (Å²) in [7, 11) is 0. The summed E-state index contributed by atoms with van der Waals surface area (Å²) in [6.45, 7) is 0. The molecule has 1 aromatic heterocycles. The van der Waals surface area contributed by atoms with Gasteiger partial charge in [-0.25, -0.2) is 0 Å². The molecule has 2 atom stereocenters. The lowest BCUT2D eigenvalue weighted by Gasteiger charge is -2.21. The van der Waals surface area contributed by atoms with Gasteiger partial charge in [-0.3, -0.25) is 0 Å². The Kier molecular flexibility index (Phi) is 3.86. The van der Waals surface area contributed by atoms with E-state index in [-0.39, 0.29) is 0 Å². The molecule has 0 nitrogen and oxygen atoms in total. The lowest BCUT2D eigenvalue weighted by Crippen LogP contribution is -2.09. The van der Waals surface area contributed by atoms with Crippen LogP contribution in [0.4, 0.5) is 0 Å². The molecule has 2 unspecified atom stereocenters. The zero-order valence-electron chi connectivity index (χ0n) is 10.3. The molecular weight excluding hydrogens is 304 g/mol. The lowest BCUT2D eigenvalue weighted by atomic mass is 9.93. The van der Waals surface area contributed by atoms with Crippen LogP contribution >= 0.6 is 27.3 Å². The van der Waals surface area contributed by atoms with Crippen LogP contribution in [0.25, 0.3) is 0 Å². The molecule has 2 heteroatoms. The Balaban J connectivity index is 1.85. The second kappa shape index (κ2) is 5.58. The highest BCUT2D eigenvalue weighted by atomic mass is 79.9. The van der Waals surface area contributed by atoms with Crippen molar-refractivity contribution in [3.05, 3.63) is 57.8 Å². The molecule has 0 amide bonds. The summed E-state index contributed by atoms with van der Waals surface area (Å²) in [5.74, 6) is 0.729. The molecule has 0 saturated carbocycles. The van der Waals surface area contributed by atoms with Gasteiger partial charge in [-0.15, -0.1) is 11.3 Å². The van der Waals surface area contributed by atoms with E-state index >= 15 is 0 Å². The smallest absolute Gasteiger partial charge is 0.0429 e. The van der Waals surface area contributed by atoms with E-state index in [1.165, 1.54) is 41.7 Å². The van der Waals surface area contributed by atoms with Crippen molar-refractivity contribution < 1.29 is 0 Å². The predicted molar refractivity (Wildman–Crippen MR) is 82.6 cm³/mol. The molecule has 0 aliphatic heterocycles. The summed E-state index contributed by atoms with van der Waals surface area (Å²) < 4.78 is 0. The Morgan fingerprint density at radius 1 is 1.17 bits per heavy atom. The second-order valence-electron chi connectivity index (χ2n) is 5.04. The number of rotatable bonds is 2. The van der Waals surface area contributed by atoms with Crippen molar-refractivity contribution >= 4 is 27.3 Å². The maximum Gasteiger partial charge on any atom is 0.0429 e. The van der Waals surface area contributed by atoms with Crippen molar-refractivity contribution in [1.29, 1.82) is 0 Å². The maximum absolute atomic E-state index is 3.95. The van der Waals surface area contributed by atoms with E-state index in [0.29, 0.717) is 4.83 Å². The average Bonchev–Trinajstić information content (AvgIpc) is 2.85. The number of halogens is 1. The van der Waals surface area contributed by atoms with Gasteiger partial charge in [-0.05, 0) is 54.2 Å². The summed E-state index contributed by atoms with van der Waals surface area (Å²) in [6, 6.07) is 13.3. The molecule has 0 bridgehead atoms. The van der Waals surface area contributed by atoms with E-state index in [0.717, 1.165) is 5.92 Å². The first-order valence-corrected chi connectivity index (χ1v) is 8.38. The largest absolute Gasteiger partial charge is 0.149 e. The van der Waals surface area contributed by atoms with Gasteiger partial charge in [0.1, 0.15) is 0 Å².